The van der Waals surface area contributed by atoms with Gasteiger partial charge in [0.25, 0.3) is 5.91 Å². The molecule has 2 heterocycles. The first kappa shape index (κ1) is 10.7. The second-order valence-corrected chi connectivity index (χ2v) is 5.42. The van der Waals surface area contributed by atoms with Crippen LogP contribution in [0.1, 0.15) is 16.8 Å². The lowest BCUT2D eigenvalue weighted by molar-refractivity contribution is 0.0791. The average Bonchev–Trinajstić information content (AvgIpc) is 2.95. The summed E-state index contributed by atoms with van der Waals surface area (Å²) in [7, 11) is 0. The van der Waals surface area contributed by atoms with Crippen molar-refractivity contribution < 1.29 is 4.79 Å². The lowest BCUT2D eigenvalue weighted by atomic mass is 10.1. The molecule has 88 valence electrons. The standard InChI is InChI=1S/C13H14N2OS/c14-11-3-5-15(8-11)13(16)10-1-2-12-9(7-10)4-6-17-12/h1-2,4,6-7,11H,3,5,8,14H2/t11-/m1/s1. The van der Waals surface area contributed by atoms with Gasteiger partial charge in [-0.25, -0.2) is 0 Å². The average molecular weight is 246 g/mol. The quantitative estimate of drug-likeness (QED) is 0.837. The highest BCUT2D eigenvalue weighted by atomic mass is 32.1. The van der Waals surface area contributed by atoms with E-state index in [0.717, 1.165) is 23.9 Å². The number of carbonyl (C=O) groups excluding carboxylic acids is 1. The highest BCUT2D eigenvalue weighted by Crippen LogP contribution is 2.23. The molecule has 1 atom stereocenters. The zero-order valence-corrected chi connectivity index (χ0v) is 10.2. The van der Waals surface area contributed by atoms with E-state index in [1.54, 1.807) is 11.3 Å². The Morgan fingerprint density at radius 3 is 3.06 bits per heavy atom. The van der Waals surface area contributed by atoms with Gasteiger partial charge >= 0.3 is 0 Å². The first-order valence-electron chi connectivity index (χ1n) is 5.76. The predicted octanol–water partition coefficient (Wildman–Crippen LogP) is 2.07. The van der Waals surface area contributed by atoms with Crippen molar-refractivity contribution in [3.63, 3.8) is 0 Å². The molecule has 0 bridgehead atoms. The molecule has 3 nitrogen and oxygen atoms in total. The number of nitrogens with two attached hydrogens (primary N) is 1. The SMILES string of the molecule is N[C@@H]1CCN(C(=O)c2ccc3sccc3c2)C1. The molecule has 1 aliphatic rings. The minimum Gasteiger partial charge on any atom is -0.337 e. The highest BCUT2D eigenvalue weighted by Gasteiger charge is 2.24. The van der Waals surface area contributed by atoms with Crippen LogP contribution < -0.4 is 5.73 Å². The fourth-order valence-corrected chi connectivity index (χ4v) is 3.02. The van der Waals surface area contributed by atoms with E-state index in [-0.39, 0.29) is 11.9 Å². The van der Waals surface area contributed by atoms with Crippen LogP contribution in [0.3, 0.4) is 0 Å². The Kier molecular flexibility index (Phi) is 2.61. The second kappa shape index (κ2) is 4.13. The van der Waals surface area contributed by atoms with Crippen molar-refractivity contribution in [2.75, 3.05) is 13.1 Å². The number of benzene rings is 1. The topological polar surface area (TPSA) is 46.3 Å². The Bertz CT molecular complexity index is 563. The third kappa shape index (κ3) is 1.94. The minimum absolute atomic E-state index is 0.103. The Morgan fingerprint density at radius 2 is 2.29 bits per heavy atom. The monoisotopic (exact) mass is 246 g/mol. The van der Waals surface area contributed by atoms with Crippen molar-refractivity contribution in [2.24, 2.45) is 5.73 Å². The van der Waals surface area contributed by atoms with Crippen molar-refractivity contribution >= 4 is 27.3 Å². The lowest BCUT2D eigenvalue weighted by Crippen LogP contribution is -2.31. The van der Waals surface area contributed by atoms with E-state index in [2.05, 4.69) is 0 Å². The summed E-state index contributed by atoms with van der Waals surface area (Å²) in [5.74, 6) is 0.103. The number of hydrogen-bond donors (Lipinski definition) is 1. The van der Waals surface area contributed by atoms with Crippen LogP contribution in [0.15, 0.2) is 29.6 Å². The number of thiophene rings is 1. The normalized spacial score (nSPS) is 20.1. The molecule has 1 saturated heterocycles. The maximum atomic E-state index is 12.2. The molecule has 1 aliphatic heterocycles. The smallest absolute Gasteiger partial charge is 0.253 e. The summed E-state index contributed by atoms with van der Waals surface area (Å²) in [5.41, 5.74) is 6.59. The summed E-state index contributed by atoms with van der Waals surface area (Å²) in [5, 5.41) is 3.19. The molecule has 1 fully saturated rings. The first-order valence-corrected chi connectivity index (χ1v) is 6.64. The highest BCUT2D eigenvalue weighted by molar-refractivity contribution is 7.17. The van der Waals surface area contributed by atoms with Gasteiger partial charge in [0.15, 0.2) is 0 Å². The van der Waals surface area contributed by atoms with E-state index < -0.39 is 0 Å². The van der Waals surface area contributed by atoms with Crippen LogP contribution in [0.4, 0.5) is 0 Å². The van der Waals surface area contributed by atoms with Crippen molar-refractivity contribution in [1.29, 1.82) is 0 Å². The Balaban J connectivity index is 1.89. The first-order chi connectivity index (χ1) is 8.24. The molecule has 1 aromatic carbocycles. The van der Waals surface area contributed by atoms with Crippen LogP contribution in [0.5, 0.6) is 0 Å². The van der Waals surface area contributed by atoms with Gasteiger partial charge in [-0.05, 0) is 41.5 Å². The van der Waals surface area contributed by atoms with Crippen LogP contribution in [0.25, 0.3) is 10.1 Å². The molecule has 2 aromatic rings. The van der Waals surface area contributed by atoms with E-state index in [1.807, 2.05) is 34.5 Å². The van der Waals surface area contributed by atoms with Crippen molar-refractivity contribution in [3.05, 3.63) is 35.2 Å². The number of nitrogens with zero attached hydrogens (tertiary/aromatic N) is 1. The Morgan fingerprint density at radius 1 is 1.41 bits per heavy atom. The Labute approximate surface area is 104 Å². The molecular weight excluding hydrogens is 232 g/mol. The molecule has 0 saturated carbocycles. The molecular formula is C13H14N2OS. The number of amides is 1. The molecule has 17 heavy (non-hydrogen) atoms. The van der Waals surface area contributed by atoms with E-state index >= 15 is 0 Å². The summed E-state index contributed by atoms with van der Waals surface area (Å²) >= 11 is 1.70. The van der Waals surface area contributed by atoms with E-state index in [4.69, 9.17) is 5.73 Å². The molecule has 3 rings (SSSR count). The third-order valence-electron chi connectivity index (χ3n) is 3.21. The van der Waals surface area contributed by atoms with Crippen molar-refractivity contribution in [3.8, 4) is 0 Å². The molecule has 0 radical (unpaired) electrons. The van der Waals surface area contributed by atoms with Gasteiger partial charge in [-0.2, -0.15) is 0 Å². The molecule has 1 aromatic heterocycles. The van der Waals surface area contributed by atoms with Crippen LogP contribution in [-0.2, 0) is 0 Å². The van der Waals surface area contributed by atoms with Gasteiger partial charge in [0.2, 0.25) is 0 Å². The second-order valence-electron chi connectivity index (χ2n) is 4.47. The summed E-state index contributed by atoms with van der Waals surface area (Å²) in [6.07, 6.45) is 0.909. The zero-order valence-electron chi connectivity index (χ0n) is 9.43. The van der Waals surface area contributed by atoms with Crippen LogP contribution in [0, 0.1) is 0 Å². The van der Waals surface area contributed by atoms with Gasteiger partial charge in [-0.15, -0.1) is 11.3 Å². The number of hydrogen-bond acceptors (Lipinski definition) is 3. The molecule has 2 N–H and O–H groups in total. The largest absolute Gasteiger partial charge is 0.337 e. The van der Waals surface area contributed by atoms with E-state index in [9.17, 15) is 4.79 Å². The summed E-state index contributed by atoms with van der Waals surface area (Å²) in [6.45, 7) is 1.46. The molecule has 1 amide bonds. The van der Waals surface area contributed by atoms with Crippen LogP contribution in [-0.4, -0.2) is 29.9 Å². The fraction of sp³-hybridized carbons (Fsp3) is 0.308. The molecule has 0 unspecified atom stereocenters. The maximum Gasteiger partial charge on any atom is 0.253 e. The third-order valence-corrected chi connectivity index (χ3v) is 4.11. The van der Waals surface area contributed by atoms with Crippen LogP contribution >= 0.6 is 11.3 Å². The van der Waals surface area contributed by atoms with Gasteiger partial charge in [0.1, 0.15) is 0 Å². The number of carbonyl (C=O) groups is 1. The number of fused-ring (bicyclic) bond motifs is 1. The molecule has 0 spiro atoms. The summed E-state index contributed by atoms with van der Waals surface area (Å²) < 4.78 is 1.22. The molecule has 4 heteroatoms. The zero-order chi connectivity index (χ0) is 11.8. The van der Waals surface area contributed by atoms with Crippen molar-refractivity contribution in [2.45, 2.75) is 12.5 Å². The minimum atomic E-state index is 0.103. The Hall–Kier alpha value is -1.39. The van der Waals surface area contributed by atoms with Gasteiger partial charge in [0, 0.05) is 29.4 Å². The fourth-order valence-electron chi connectivity index (χ4n) is 2.25. The van der Waals surface area contributed by atoms with Crippen LogP contribution in [0.2, 0.25) is 0 Å². The lowest BCUT2D eigenvalue weighted by Gasteiger charge is -2.15. The van der Waals surface area contributed by atoms with Gasteiger partial charge in [-0.1, -0.05) is 0 Å². The summed E-state index contributed by atoms with van der Waals surface area (Å²) in [6, 6.07) is 8.09. The maximum absolute atomic E-state index is 12.2. The number of likely N-dealkylation sites (tertiary alicyclic amines) is 1. The number of rotatable bonds is 1. The van der Waals surface area contributed by atoms with Gasteiger partial charge < -0.3 is 10.6 Å². The van der Waals surface area contributed by atoms with E-state index in [0.29, 0.717) is 6.54 Å². The van der Waals surface area contributed by atoms with Gasteiger partial charge in [0.05, 0.1) is 0 Å². The predicted molar refractivity (Wildman–Crippen MR) is 70.3 cm³/mol. The molecule has 0 aliphatic carbocycles. The van der Waals surface area contributed by atoms with Gasteiger partial charge in [-0.3, -0.25) is 4.79 Å². The van der Waals surface area contributed by atoms with Crippen molar-refractivity contribution in [1.82, 2.24) is 4.90 Å². The van der Waals surface area contributed by atoms with E-state index in [1.165, 1.54) is 4.70 Å². The summed E-state index contributed by atoms with van der Waals surface area (Å²) in [4.78, 5) is 14.1.